The Kier molecular flexibility index (Phi) is 26.1. The molecule has 0 spiro atoms. The normalized spacial score (nSPS) is 18.1. The number of piperidine rings is 2. The number of hydrogen-bond donors (Lipinski definition) is 2. The number of nitrogens with one attached hydrogen (secondary N) is 2. The first-order valence-corrected chi connectivity index (χ1v) is 13.1. The van der Waals surface area contributed by atoms with E-state index in [0.29, 0.717) is 0 Å². The van der Waals surface area contributed by atoms with E-state index < -0.39 is 0 Å². The van der Waals surface area contributed by atoms with Crippen LogP contribution in [-0.4, -0.2) is 49.7 Å². The van der Waals surface area contributed by atoms with E-state index >= 15 is 0 Å². The van der Waals surface area contributed by atoms with Crippen molar-refractivity contribution in [3.63, 3.8) is 0 Å². The Morgan fingerprint density at radius 3 is 1.52 bits per heavy atom. The topological polar surface area (TPSA) is 27.3 Å². The van der Waals surface area contributed by atoms with Crippen molar-refractivity contribution in [3.8, 4) is 0 Å². The highest BCUT2D eigenvalue weighted by Gasteiger charge is 2.22. The maximum Gasteiger partial charge on any atom is 0.00940 e. The van der Waals surface area contributed by atoms with Gasteiger partial charge < -0.3 is 15.5 Å². The first kappa shape index (κ1) is 33.9. The summed E-state index contributed by atoms with van der Waals surface area (Å²) in [6, 6.07) is 1.56. The number of halogens is 3. The zero-order valence-corrected chi connectivity index (χ0v) is 22.8. The van der Waals surface area contributed by atoms with E-state index in [1.165, 1.54) is 142 Å². The van der Waals surface area contributed by atoms with Gasteiger partial charge in [-0.1, -0.05) is 84.0 Å². The van der Waals surface area contributed by atoms with Crippen molar-refractivity contribution in [2.45, 2.75) is 128 Å². The molecule has 6 heteroatoms. The van der Waals surface area contributed by atoms with Gasteiger partial charge in [0.2, 0.25) is 0 Å². The van der Waals surface area contributed by atoms with Crippen LogP contribution in [0.2, 0.25) is 0 Å². The number of nitrogens with zero attached hydrogens (tertiary/aromatic N) is 1. The zero-order chi connectivity index (χ0) is 19.7. The number of hydrogen-bond acceptors (Lipinski definition) is 3. The Labute approximate surface area is 213 Å². The van der Waals surface area contributed by atoms with E-state index in [1.807, 2.05) is 0 Å². The van der Waals surface area contributed by atoms with E-state index in [4.69, 9.17) is 0 Å². The van der Waals surface area contributed by atoms with Gasteiger partial charge in [-0.3, -0.25) is 0 Å². The Bertz CT molecular complexity index is 347. The number of rotatable bonds is 16. The second kappa shape index (κ2) is 23.9. The van der Waals surface area contributed by atoms with Gasteiger partial charge >= 0.3 is 0 Å². The third-order valence-electron chi connectivity index (χ3n) is 6.98. The fourth-order valence-electron chi connectivity index (χ4n) is 5.00. The van der Waals surface area contributed by atoms with Crippen molar-refractivity contribution >= 4 is 37.2 Å². The number of likely N-dealkylation sites (tertiary alicyclic amines) is 1. The molecule has 2 N–H and O–H groups in total. The molecule has 31 heavy (non-hydrogen) atoms. The Morgan fingerprint density at radius 1 is 0.613 bits per heavy atom. The van der Waals surface area contributed by atoms with E-state index in [0.717, 1.165) is 12.1 Å². The molecule has 2 aliphatic rings. The molecule has 3 nitrogen and oxygen atoms in total. The van der Waals surface area contributed by atoms with E-state index in [2.05, 4.69) is 22.5 Å². The molecule has 0 aromatic carbocycles. The average molecular weight is 503 g/mol. The van der Waals surface area contributed by atoms with Gasteiger partial charge in [0.15, 0.2) is 0 Å². The maximum atomic E-state index is 3.93. The van der Waals surface area contributed by atoms with Crippen LogP contribution >= 0.6 is 37.2 Å². The minimum Gasteiger partial charge on any atom is -0.317 e. The quantitative estimate of drug-likeness (QED) is 0.219. The van der Waals surface area contributed by atoms with Crippen LogP contribution in [0.4, 0.5) is 0 Å². The standard InChI is InChI=1S/C25H51N3.3ClH/c1-2-3-4-5-6-7-8-9-10-11-12-13-14-21-28-22-17-25(18-23-28)27-24-15-19-26-20-16-24;;;/h24-27H,2-23H2,1H3;3*1H. The van der Waals surface area contributed by atoms with Crippen LogP contribution in [0.3, 0.4) is 0 Å². The van der Waals surface area contributed by atoms with Crippen LogP contribution in [0, 0.1) is 0 Å². The molecule has 2 heterocycles. The lowest BCUT2D eigenvalue weighted by Gasteiger charge is -2.35. The van der Waals surface area contributed by atoms with Crippen LogP contribution in [0.1, 0.15) is 116 Å². The fraction of sp³-hybridized carbons (Fsp3) is 1.00. The van der Waals surface area contributed by atoms with Crippen molar-refractivity contribution in [2.75, 3.05) is 32.7 Å². The fourth-order valence-corrected chi connectivity index (χ4v) is 5.00. The molecule has 2 aliphatic heterocycles. The van der Waals surface area contributed by atoms with Crippen molar-refractivity contribution < 1.29 is 0 Å². The molecule has 2 fully saturated rings. The minimum absolute atomic E-state index is 0. The Morgan fingerprint density at radius 2 is 1.03 bits per heavy atom. The smallest absolute Gasteiger partial charge is 0.00940 e. The van der Waals surface area contributed by atoms with Crippen molar-refractivity contribution in [2.24, 2.45) is 0 Å². The molecule has 0 radical (unpaired) electrons. The van der Waals surface area contributed by atoms with Crippen LogP contribution in [-0.2, 0) is 0 Å². The van der Waals surface area contributed by atoms with Gasteiger partial charge in [-0.2, -0.15) is 0 Å². The Balaban J connectivity index is 0. The summed E-state index contributed by atoms with van der Waals surface area (Å²) in [5.74, 6) is 0. The molecule has 0 atom stereocenters. The predicted octanol–water partition coefficient (Wildman–Crippen LogP) is 7.15. The molecule has 190 valence electrons. The Hall–Kier alpha value is 0.750. The summed E-state index contributed by atoms with van der Waals surface area (Å²) in [4.78, 5) is 2.72. The summed E-state index contributed by atoms with van der Waals surface area (Å²) in [6.45, 7) is 8.70. The lowest BCUT2D eigenvalue weighted by Crippen LogP contribution is -2.49. The average Bonchev–Trinajstić information content (AvgIpc) is 2.73. The summed E-state index contributed by atoms with van der Waals surface area (Å²) < 4.78 is 0. The summed E-state index contributed by atoms with van der Waals surface area (Å²) >= 11 is 0. The third-order valence-corrected chi connectivity index (χ3v) is 6.98. The highest BCUT2D eigenvalue weighted by Crippen LogP contribution is 2.16. The zero-order valence-electron chi connectivity index (χ0n) is 20.4. The third kappa shape index (κ3) is 17.8. The predicted molar refractivity (Wildman–Crippen MR) is 146 cm³/mol. The largest absolute Gasteiger partial charge is 0.317 e. The molecule has 2 rings (SSSR count). The van der Waals surface area contributed by atoms with E-state index in [9.17, 15) is 0 Å². The van der Waals surface area contributed by atoms with Crippen molar-refractivity contribution in [3.05, 3.63) is 0 Å². The molecule has 0 bridgehead atoms. The molecule has 0 aliphatic carbocycles. The molecule has 0 unspecified atom stereocenters. The summed E-state index contributed by atoms with van der Waals surface area (Å²) in [5, 5.41) is 7.40. The highest BCUT2D eigenvalue weighted by atomic mass is 35.5. The minimum atomic E-state index is 0. The molecule has 0 aromatic heterocycles. The number of unbranched alkanes of at least 4 members (excludes halogenated alkanes) is 12. The van der Waals surface area contributed by atoms with Gasteiger partial charge in [-0.05, 0) is 64.8 Å². The second-order valence-corrected chi connectivity index (χ2v) is 9.55. The molecular formula is C25H54Cl3N3. The lowest BCUT2D eigenvalue weighted by atomic mass is 10.00. The molecule has 0 amide bonds. The molecule has 0 aromatic rings. The van der Waals surface area contributed by atoms with Crippen LogP contribution in [0.5, 0.6) is 0 Å². The summed E-state index contributed by atoms with van der Waals surface area (Å²) in [5.41, 5.74) is 0. The van der Waals surface area contributed by atoms with Crippen LogP contribution < -0.4 is 10.6 Å². The summed E-state index contributed by atoms with van der Waals surface area (Å²) in [6.07, 6.45) is 24.3. The van der Waals surface area contributed by atoms with E-state index in [1.54, 1.807) is 0 Å². The van der Waals surface area contributed by atoms with Gasteiger partial charge in [-0.25, -0.2) is 0 Å². The first-order chi connectivity index (χ1) is 13.9. The lowest BCUT2D eigenvalue weighted by molar-refractivity contribution is 0.182. The van der Waals surface area contributed by atoms with Gasteiger partial charge in [-0.15, -0.1) is 37.2 Å². The van der Waals surface area contributed by atoms with Crippen LogP contribution in [0.25, 0.3) is 0 Å². The van der Waals surface area contributed by atoms with Crippen LogP contribution in [0.15, 0.2) is 0 Å². The monoisotopic (exact) mass is 501 g/mol. The second-order valence-electron chi connectivity index (χ2n) is 9.55. The highest BCUT2D eigenvalue weighted by molar-refractivity contribution is 5.86. The molecule has 2 saturated heterocycles. The van der Waals surface area contributed by atoms with Gasteiger partial charge in [0.1, 0.15) is 0 Å². The van der Waals surface area contributed by atoms with Crippen molar-refractivity contribution in [1.82, 2.24) is 15.5 Å². The van der Waals surface area contributed by atoms with E-state index in [-0.39, 0.29) is 37.2 Å². The maximum absolute atomic E-state index is 3.93. The molecule has 0 saturated carbocycles. The first-order valence-electron chi connectivity index (χ1n) is 13.1. The van der Waals surface area contributed by atoms with Gasteiger partial charge in [0.05, 0.1) is 0 Å². The van der Waals surface area contributed by atoms with Gasteiger partial charge in [0, 0.05) is 12.1 Å². The SMILES string of the molecule is CCCCCCCCCCCCCCCN1CCC(NC2CCNCC2)CC1.Cl.Cl.Cl. The van der Waals surface area contributed by atoms with Gasteiger partial charge in [0.25, 0.3) is 0 Å². The van der Waals surface area contributed by atoms with Crippen molar-refractivity contribution in [1.29, 1.82) is 0 Å². The summed E-state index contributed by atoms with van der Waals surface area (Å²) in [7, 11) is 0. The molecular weight excluding hydrogens is 449 g/mol.